The van der Waals surface area contributed by atoms with Crippen LogP contribution in [0.25, 0.3) is 0 Å². The second-order valence-electron chi connectivity index (χ2n) is 21.3. The third kappa shape index (κ3) is 27.2. The average molecular weight is 1130 g/mol. The lowest BCUT2D eigenvalue weighted by molar-refractivity contribution is -0.347. The number of carbonyl (C=O) groups excluding carboxylic acids is 4. The van der Waals surface area contributed by atoms with E-state index in [2.05, 4.69) is 41.7 Å². The molecule has 1 aromatic heterocycles. The van der Waals surface area contributed by atoms with Crippen LogP contribution in [0.5, 0.6) is 0 Å². The molecule has 3 heterocycles. The van der Waals surface area contributed by atoms with Crippen LogP contribution in [-0.2, 0) is 42.9 Å². The molecule has 2 amide bonds. The summed E-state index contributed by atoms with van der Waals surface area (Å²) in [5.74, 6) is -1.68. The van der Waals surface area contributed by atoms with Gasteiger partial charge in [-0.1, -0.05) is 180 Å². The standard InChI is InChI=1S/C56H101N5O16S/c1-4-7-10-13-16-19-22-25-28-31-45(64)57-41(39-78-38-40(74-47(66)33-30-27-24-21-18-15-12-9-6-3)37-73-46(65)32-29-26-23-20-17-14-11-8-5-2)54(72)58-44-34-61(60-59-44)55-51(70)50(69)53(43(36-63)75-55)77-56-52(71)49(68)48(67)42(35-62)76-56/h34,40-43,48-53,55-56,62-63,67-71H,4-33,35-39H2,1-3H3,(H,57,64)(H,58,72)/t40-,41-,42?,43?,48?,49?,50?,51?,52?,53?,55-,56?/m1/s1. The monoisotopic (exact) mass is 1130 g/mol. The van der Waals surface area contributed by atoms with E-state index in [0.717, 1.165) is 68.9 Å². The van der Waals surface area contributed by atoms with Gasteiger partial charge in [-0.25, -0.2) is 4.68 Å². The first kappa shape index (κ1) is 69.2. The van der Waals surface area contributed by atoms with Crippen molar-refractivity contribution in [3.05, 3.63) is 6.20 Å². The number of ether oxygens (including phenoxy) is 5. The first-order valence-electron chi connectivity index (χ1n) is 29.8. The van der Waals surface area contributed by atoms with Crippen molar-refractivity contribution in [1.29, 1.82) is 0 Å². The Labute approximate surface area is 468 Å². The average Bonchev–Trinajstić information content (AvgIpc) is 3.90. The molecule has 1 aromatic rings. The van der Waals surface area contributed by atoms with Crippen LogP contribution in [0.15, 0.2) is 6.20 Å². The van der Waals surface area contributed by atoms with Crippen LogP contribution >= 0.6 is 11.8 Å². The van der Waals surface area contributed by atoms with Crippen LogP contribution in [0.3, 0.4) is 0 Å². The number of anilines is 1. The van der Waals surface area contributed by atoms with Crippen molar-refractivity contribution in [3.8, 4) is 0 Å². The van der Waals surface area contributed by atoms with Gasteiger partial charge in [0.25, 0.3) is 0 Å². The molecule has 2 aliphatic rings. The van der Waals surface area contributed by atoms with E-state index < -0.39 is 98.6 Å². The molecule has 0 radical (unpaired) electrons. The van der Waals surface area contributed by atoms with Crippen LogP contribution in [-0.4, -0.2) is 173 Å². The van der Waals surface area contributed by atoms with Crippen molar-refractivity contribution in [1.82, 2.24) is 20.3 Å². The van der Waals surface area contributed by atoms with Gasteiger partial charge in [0, 0.05) is 30.8 Å². The largest absolute Gasteiger partial charge is 0.462 e. The molecular weight excluding hydrogens is 1030 g/mol. The maximum atomic E-state index is 14.0. The van der Waals surface area contributed by atoms with E-state index in [1.54, 1.807) is 0 Å². The van der Waals surface area contributed by atoms with Crippen molar-refractivity contribution >= 4 is 41.3 Å². The quantitative estimate of drug-likeness (QED) is 0.0250. The molecule has 0 aromatic carbocycles. The highest BCUT2D eigenvalue weighted by molar-refractivity contribution is 7.99. The second-order valence-corrected chi connectivity index (χ2v) is 22.4. The molecule has 0 bridgehead atoms. The van der Waals surface area contributed by atoms with Crippen molar-refractivity contribution in [2.24, 2.45) is 0 Å². The van der Waals surface area contributed by atoms with Crippen LogP contribution in [0.1, 0.15) is 220 Å². The van der Waals surface area contributed by atoms with Crippen LogP contribution < -0.4 is 10.6 Å². The summed E-state index contributed by atoms with van der Waals surface area (Å²) < 4.78 is 29.5. The van der Waals surface area contributed by atoms with Gasteiger partial charge in [0.05, 0.1) is 19.4 Å². The molecule has 0 spiro atoms. The summed E-state index contributed by atoms with van der Waals surface area (Å²) in [6.45, 7) is 4.91. The van der Waals surface area contributed by atoms with Gasteiger partial charge in [-0.3, -0.25) is 19.2 Å². The molecule has 2 aliphatic heterocycles. The number of hydrogen-bond acceptors (Lipinski definition) is 19. The van der Waals surface area contributed by atoms with Crippen molar-refractivity contribution < 1.29 is 78.6 Å². The Balaban J connectivity index is 1.68. The number of hydrogen-bond donors (Lipinski definition) is 9. The highest BCUT2D eigenvalue weighted by atomic mass is 32.2. The Hall–Kier alpha value is -3.03. The summed E-state index contributed by atoms with van der Waals surface area (Å²) in [7, 11) is 0. The van der Waals surface area contributed by atoms with E-state index in [1.165, 1.54) is 108 Å². The minimum atomic E-state index is -1.84. The number of rotatable bonds is 45. The van der Waals surface area contributed by atoms with Gasteiger partial charge in [-0.15, -0.1) is 5.10 Å². The summed E-state index contributed by atoms with van der Waals surface area (Å²) >= 11 is 1.24. The molecule has 0 aliphatic carbocycles. The number of unbranched alkanes of at least 4 members (excludes halogenated alkanes) is 24. The Kier molecular flexibility index (Phi) is 37.2. The molecule has 2 fully saturated rings. The lowest BCUT2D eigenvalue weighted by atomic mass is 9.96. The molecule has 9 unspecified atom stereocenters. The number of aliphatic hydroxyl groups excluding tert-OH is 7. The molecule has 9 N–H and O–H groups in total. The van der Waals surface area contributed by atoms with Crippen molar-refractivity contribution in [2.75, 3.05) is 36.6 Å². The smallest absolute Gasteiger partial charge is 0.306 e. The number of carbonyl (C=O) groups is 4. The summed E-state index contributed by atoms with van der Waals surface area (Å²) in [4.78, 5) is 53.5. The van der Waals surface area contributed by atoms with Crippen LogP contribution in [0.2, 0.25) is 0 Å². The van der Waals surface area contributed by atoms with E-state index in [4.69, 9.17) is 23.7 Å². The lowest BCUT2D eigenvalue weighted by Gasteiger charge is -2.45. The number of aromatic nitrogens is 3. The van der Waals surface area contributed by atoms with Crippen LogP contribution in [0.4, 0.5) is 5.82 Å². The number of aliphatic hydroxyl groups is 7. The summed E-state index contributed by atoms with van der Waals surface area (Å²) in [5.41, 5.74) is 0. The van der Waals surface area contributed by atoms with E-state index in [-0.39, 0.29) is 55.1 Å². The Morgan fingerprint density at radius 2 is 1.10 bits per heavy atom. The zero-order valence-corrected chi connectivity index (χ0v) is 48.1. The number of nitrogens with zero attached hydrogens (tertiary/aromatic N) is 3. The lowest BCUT2D eigenvalue weighted by Crippen LogP contribution is -2.63. The zero-order chi connectivity index (χ0) is 56.9. The molecule has 3 rings (SSSR count). The predicted molar refractivity (Wildman–Crippen MR) is 296 cm³/mol. The minimum Gasteiger partial charge on any atom is -0.462 e. The first-order chi connectivity index (χ1) is 37.8. The fraction of sp³-hybridized carbons (Fsp3) is 0.893. The number of amides is 2. The zero-order valence-electron chi connectivity index (χ0n) is 47.3. The molecule has 78 heavy (non-hydrogen) atoms. The van der Waals surface area contributed by atoms with Gasteiger partial charge in [-0.05, 0) is 19.3 Å². The molecule has 12 atom stereocenters. The number of nitrogens with one attached hydrogen (secondary N) is 2. The Bertz CT molecular complexity index is 1750. The molecule has 0 saturated carbocycles. The van der Waals surface area contributed by atoms with E-state index in [9.17, 15) is 54.9 Å². The Morgan fingerprint density at radius 1 is 0.603 bits per heavy atom. The molecule has 2 saturated heterocycles. The maximum Gasteiger partial charge on any atom is 0.306 e. The second kappa shape index (κ2) is 41.9. The third-order valence-electron chi connectivity index (χ3n) is 14.4. The van der Waals surface area contributed by atoms with Gasteiger partial charge in [0.15, 0.2) is 18.3 Å². The fourth-order valence-electron chi connectivity index (χ4n) is 9.60. The van der Waals surface area contributed by atoms with Gasteiger partial charge < -0.3 is 70.1 Å². The number of esters is 2. The predicted octanol–water partition coefficient (Wildman–Crippen LogP) is 6.45. The fourth-order valence-corrected chi connectivity index (χ4v) is 10.6. The topological polar surface area (TPSA) is 311 Å². The van der Waals surface area contributed by atoms with Crippen molar-refractivity contribution in [3.63, 3.8) is 0 Å². The summed E-state index contributed by atoms with van der Waals surface area (Å²) in [5, 5.41) is 86.7. The first-order valence-corrected chi connectivity index (χ1v) is 31.0. The van der Waals surface area contributed by atoms with Gasteiger partial charge in [-0.2, -0.15) is 11.8 Å². The van der Waals surface area contributed by atoms with Gasteiger partial charge in [0.2, 0.25) is 11.8 Å². The normalized spacial score (nSPS) is 24.1. The Morgan fingerprint density at radius 3 is 1.63 bits per heavy atom. The molecule has 21 nitrogen and oxygen atoms in total. The highest BCUT2D eigenvalue weighted by Crippen LogP contribution is 2.33. The number of thioether (sulfide) groups is 1. The third-order valence-corrected chi connectivity index (χ3v) is 15.6. The summed E-state index contributed by atoms with van der Waals surface area (Å²) in [6, 6.07) is -1.11. The minimum absolute atomic E-state index is 0.0345. The summed E-state index contributed by atoms with van der Waals surface area (Å²) in [6.07, 6.45) is 14.1. The molecular formula is C56H101N5O16S. The van der Waals surface area contributed by atoms with E-state index >= 15 is 0 Å². The highest BCUT2D eigenvalue weighted by Gasteiger charge is 2.51. The van der Waals surface area contributed by atoms with E-state index in [0.29, 0.717) is 19.3 Å². The molecule has 22 heteroatoms. The van der Waals surface area contributed by atoms with Crippen molar-refractivity contribution in [2.45, 2.75) is 287 Å². The van der Waals surface area contributed by atoms with Crippen LogP contribution in [0, 0.1) is 0 Å². The maximum absolute atomic E-state index is 14.0. The molecule has 452 valence electrons. The SMILES string of the molecule is CCCCCCCCCCCC(=O)N[C@H](CSC[C@@H](COC(=O)CCCCCCCCCCC)OC(=O)CCCCCCCCCCC)C(=O)Nc1cn([C@@H]2OC(CO)C(OC3OC(CO)C(O)C(O)C3O)C(O)C2O)nn1. The van der Waals surface area contributed by atoms with Gasteiger partial charge in [0.1, 0.15) is 67.6 Å². The van der Waals surface area contributed by atoms with E-state index in [1.807, 2.05) is 0 Å². The van der Waals surface area contributed by atoms with Gasteiger partial charge >= 0.3 is 11.9 Å².